The van der Waals surface area contributed by atoms with Crippen LogP contribution in [0.5, 0.6) is 0 Å². The highest BCUT2D eigenvalue weighted by Gasteiger charge is 2.23. The Balaban J connectivity index is 1.62. The predicted molar refractivity (Wildman–Crippen MR) is 109 cm³/mol. The van der Waals surface area contributed by atoms with Crippen molar-refractivity contribution in [1.29, 1.82) is 0 Å². The third-order valence-electron chi connectivity index (χ3n) is 5.19. The fourth-order valence-electron chi connectivity index (χ4n) is 3.73. The molecule has 0 saturated carbocycles. The van der Waals surface area contributed by atoms with Gasteiger partial charge in [-0.3, -0.25) is 4.57 Å². The maximum atomic E-state index is 13.8. The molecule has 4 rings (SSSR count). The molecule has 0 aliphatic carbocycles. The van der Waals surface area contributed by atoms with Gasteiger partial charge in [-0.25, -0.2) is 9.78 Å². The topological polar surface area (TPSA) is 44.6 Å². The number of aromatic nitrogens is 2. The number of piperazine rings is 1. The standard InChI is InChI=1S/C21H23F2N5O/c1-25(2)21(29)27-12-10-26(11-13-27)16-7-5-6-15(14-16)19-24-17-8-3-4-9-18(17)28(19)20(22)23/h3-9,14,20H,10-13H2,1-2H3. The van der Waals surface area contributed by atoms with Gasteiger partial charge < -0.3 is 14.7 Å². The molecule has 1 aromatic heterocycles. The summed E-state index contributed by atoms with van der Waals surface area (Å²) in [5.74, 6) is 0.254. The summed E-state index contributed by atoms with van der Waals surface area (Å²) in [5, 5.41) is 0. The van der Waals surface area contributed by atoms with E-state index in [1.807, 2.05) is 23.1 Å². The number of hydrogen-bond acceptors (Lipinski definition) is 3. The van der Waals surface area contributed by atoms with Gasteiger partial charge in [-0.2, -0.15) is 8.78 Å². The molecule has 1 fully saturated rings. The molecule has 1 aliphatic heterocycles. The number of benzene rings is 2. The van der Waals surface area contributed by atoms with Crippen LogP contribution in [0.15, 0.2) is 48.5 Å². The Hall–Kier alpha value is -3.16. The van der Waals surface area contributed by atoms with E-state index in [2.05, 4.69) is 9.88 Å². The number of rotatable bonds is 3. The van der Waals surface area contributed by atoms with Gasteiger partial charge in [0.2, 0.25) is 0 Å². The summed E-state index contributed by atoms with van der Waals surface area (Å²) in [5.41, 5.74) is 2.54. The number of urea groups is 1. The zero-order chi connectivity index (χ0) is 20.5. The molecule has 1 aliphatic rings. The van der Waals surface area contributed by atoms with Crippen molar-refractivity contribution in [3.05, 3.63) is 48.5 Å². The third kappa shape index (κ3) is 3.62. The average molecular weight is 399 g/mol. The van der Waals surface area contributed by atoms with Crippen molar-refractivity contribution < 1.29 is 13.6 Å². The number of carbonyl (C=O) groups excluding carboxylic acids is 1. The lowest BCUT2D eigenvalue weighted by atomic mass is 10.1. The number of para-hydroxylation sites is 2. The van der Waals surface area contributed by atoms with Gasteiger partial charge in [0.05, 0.1) is 11.0 Å². The smallest absolute Gasteiger partial charge is 0.320 e. The van der Waals surface area contributed by atoms with Crippen LogP contribution < -0.4 is 4.90 Å². The van der Waals surface area contributed by atoms with Gasteiger partial charge in [0.15, 0.2) is 0 Å². The maximum Gasteiger partial charge on any atom is 0.320 e. The van der Waals surface area contributed by atoms with E-state index in [0.717, 1.165) is 10.3 Å². The second-order valence-electron chi connectivity index (χ2n) is 7.27. The monoisotopic (exact) mass is 399 g/mol. The molecular weight excluding hydrogens is 376 g/mol. The number of carbonyl (C=O) groups is 1. The molecule has 6 nitrogen and oxygen atoms in total. The molecule has 0 N–H and O–H groups in total. The van der Waals surface area contributed by atoms with E-state index in [4.69, 9.17) is 0 Å². The normalized spacial score (nSPS) is 14.7. The van der Waals surface area contributed by atoms with E-state index in [1.54, 1.807) is 49.3 Å². The molecule has 0 spiro atoms. The maximum absolute atomic E-state index is 13.8. The molecule has 2 amide bonds. The molecule has 2 heterocycles. The van der Waals surface area contributed by atoms with E-state index in [-0.39, 0.29) is 11.9 Å². The lowest BCUT2D eigenvalue weighted by Gasteiger charge is -2.37. The first kappa shape index (κ1) is 19.2. The summed E-state index contributed by atoms with van der Waals surface area (Å²) in [7, 11) is 3.49. The number of anilines is 1. The van der Waals surface area contributed by atoms with Crippen LogP contribution in [0.2, 0.25) is 0 Å². The number of imidazole rings is 1. The minimum absolute atomic E-state index is 0.00375. The summed E-state index contributed by atoms with van der Waals surface area (Å²) < 4.78 is 28.5. The van der Waals surface area contributed by atoms with Gasteiger partial charge in [-0.15, -0.1) is 0 Å². The van der Waals surface area contributed by atoms with E-state index >= 15 is 0 Å². The van der Waals surface area contributed by atoms with Gasteiger partial charge in [0, 0.05) is 51.5 Å². The number of fused-ring (bicyclic) bond motifs is 1. The SMILES string of the molecule is CN(C)C(=O)N1CCN(c2cccc(-c3nc4ccccc4n3C(F)F)c2)CC1. The van der Waals surface area contributed by atoms with E-state index in [9.17, 15) is 13.6 Å². The summed E-state index contributed by atoms with van der Waals surface area (Å²) in [4.78, 5) is 22.1. The Labute approximate surface area is 167 Å². The van der Waals surface area contributed by atoms with Crippen molar-refractivity contribution in [1.82, 2.24) is 19.4 Å². The van der Waals surface area contributed by atoms with E-state index < -0.39 is 6.55 Å². The van der Waals surface area contributed by atoms with Crippen LogP contribution in [0.3, 0.4) is 0 Å². The summed E-state index contributed by atoms with van der Waals surface area (Å²) >= 11 is 0. The van der Waals surface area contributed by atoms with Crippen molar-refractivity contribution in [2.75, 3.05) is 45.2 Å². The zero-order valence-electron chi connectivity index (χ0n) is 16.4. The molecule has 0 bridgehead atoms. The second kappa shape index (κ2) is 7.69. The number of hydrogen-bond donors (Lipinski definition) is 0. The van der Waals surface area contributed by atoms with Crippen LogP contribution in [0.25, 0.3) is 22.4 Å². The Morgan fingerprint density at radius 1 is 1.03 bits per heavy atom. The first-order valence-corrected chi connectivity index (χ1v) is 9.52. The highest BCUT2D eigenvalue weighted by Crippen LogP contribution is 2.31. The van der Waals surface area contributed by atoms with Gasteiger partial charge in [0.25, 0.3) is 0 Å². The van der Waals surface area contributed by atoms with E-state index in [0.29, 0.717) is 42.8 Å². The number of alkyl halides is 2. The zero-order valence-corrected chi connectivity index (χ0v) is 16.4. The summed E-state index contributed by atoms with van der Waals surface area (Å²) in [6.45, 7) is -0.0578. The summed E-state index contributed by atoms with van der Waals surface area (Å²) in [6, 6.07) is 14.4. The Bertz CT molecular complexity index is 1020. The van der Waals surface area contributed by atoms with Gasteiger partial charge in [-0.1, -0.05) is 24.3 Å². The molecule has 0 radical (unpaired) electrons. The van der Waals surface area contributed by atoms with Crippen LogP contribution in [0, 0.1) is 0 Å². The molecule has 3 aromatic rings. The first-order chi connectivity index (χ1) is 14.0. The second-order valence-corrected chi connectivity index (χ2v) is 7.27. The number of amides is 2. The van der Waals surface area contributed by atoms with Crippen LogP contribution in [0.1, 0.15) is 6.55 Å². The molecule has 2 aromatic carbocycles. The van der Waals surface area contributed by atoms with Crippen molar-refractivity contribution in [2.45, 2.75) is 6.55 Å². The Morgan fingerprint density at radius 2 is 1.76 bits per heavy atom. The fourth-order valence-corrected chi connectivity index (χ4v) is 3.73. The third-order valence-corrected chi connectivity index (χ3v) is 5.19. The van der Waals surface area contributed by atoms with Crippen LogP contribution >= 0.6 is 0 Å². The van der Waals surface area contributed by atoms with Crippen molar-refractivity contribution in [3.63, 3.8) is 0 Å². The molecule has 29 heavy (non-hydrogen) atoms. The first-order valence-electron chi connectivity index (χ1n) is 9.52. The van der Waals surface area contributed by atoms with E-state index in [1.165, 1.54) is 0 Å². The van der Waals surface area contributed by atoms with Gasteiger partial charge in [0.1, 0.15) is 5.82 Å². The Morgan fingerprint density at radius 3 is 2.45 bits per heavy atom. The molecule has 152 valence electrons. The molecule has 8 heteroatoms. The van der Waals surface area contributed by atoms with Crippen LogP contribution in [-0.2, 0) is 0 Å². The lowest BCUT2D eigenvalue weighted by molar-refractivity contribution is 0.0764. The fraction of sp³-hybridized carbons (Fsp3) is 0.333. The van der Waals surface area contributed by atoms with Crippen LogP contribution in [-0.4, -0.2) is 65.7 Å². The predicted octanol–water partition coefficient (Wildman–Crippen LogP) is 3.90. The van der Waals surface area contributed by atoms with Gasteiger partial charge >= 0.3 is 12.6 Å². The minimum atomic E-state index is -2.68. The quantitative estimate of drug-likeness (QED) is 0.671. The molecule has 0 unspecified atom stereocenters. The molecule has 1 saturated heterocycles. The highest BCUT2D eigenvalue weighted by molar-refractivity contribution is 5.81. The Kier molecular flexibility index (Phi) is 5.08. The van der Waals surface area contributed by atoms with Gasteiger partial charge in [-0.05, 0) is 24.3 Å². The van der Waals surface area contributed by atoms with Crippen LogP contribution in [0.4, 0.5) is 19.3 Å². The van der Waals surface area contributed by atoms with Crippen molar-refractivity contribution in [2.24, 2.45) is 0 Å². The largest absolute Gasteiger partial charge is 0.368 e. The molecule has 0 atom stereocenters. The minimum Gasteiger partial charge on any atom is -0.368 e. The summed E-state index contributed by atoms with van der Waals surface area (Å²) in [6.07, 6.45) is 0. The lowest BCUT2D eigenvalue weighted by Crippen LogP contribution is -2.51. The number of nitrogens with zero attached hydrogens (tertiary/aromatic N) is 5. The number of halogens is 2. The average Bonchev–Trinajstić information content (AvgIpc) is 3.13. The molecular formula is C21H23F2N5O. The highest BCUT2D eigenvalue weighted by atomic mass is 19.3. The van der Waals surface area contributed by atoms with Crippen molar-refractivity contribution in [3.8, 4) is 11.4 Å². The van der Waals surface area contributed by atoms with Crippen molar-refractivity contribution >= 4 is 22.8 Å².